The van der Waals surface area contributed by atoms with Crippen molar-refractivity contribution in [2.45, 2.75) is 75.6 Å². The van der Waals surface area contributed by atoms with E-state index in [9.17, 15) is 31.1 Å². The molecule has 0 aliphatic heterocycles. The van der Waals surface area contributed by atoms with Gasteiger partial charge in [0.15, 0.2) is 0 Å². The van der Waals surface area contributed by atoms with Gasteiger partial charge in [-0.2, -0.15) is 49.9 Å². The Kier molecular flexibility index (Phi) is 11.3. The van der Waals surface area contributed by atoms with Crippen LogP contribution in [-0.2, 0) is 28.7 Å². The maximum absolute atomic E-state index is 12.8. The first kappa shape index (κ1) is 30.6. The summed E-state index contributed by atoms with van der Waals surface area (Å²) in [5.41, 5.74) is 0.178. The fraction of sp³-hybridized carbons (Fsp3) is 0.519. The van der Waals surface area contributed by atoms with Gasteiger partial charge in [0.2, 0.25) is 0 Å². The zero-order valence-corrected chi connectivity index (χ0v) is 22.3. The van der Waals surface area contributed by atoms with E-state index in [1.807, 2.05) is 0 Å². The molecule has 36 heavy (non-hydrogen) atoms. The van der Waals surface area contributed by atoms with Gasteiger partial charge < -0.3 is 4.79 Å². The first-order chi connectivity index (χ1) is 16.7. The lowest BCUT2D eigenvalue weighted by Gasteiger charge is -2.26. The molecule has 0 saturated heterocycles. The molecule has 0 aromatic heterocycles. The van der Waals surface area contributed by atoms with Gasteiger partial charge in [0.25, 0.3) is 0 Å². The molecule has 200 valence electrons. The van der Waals surface area contributed by atoms with Crippen molar-refractivity contribution in [3.63, 3.8) is 0 Å². The van der Waals surface area contributed by atoms with E-state index in [0.717, 1.165) is 60.4 Å². The third-order valence-electron chi connectivity index (χ3n) is 5.77. The number of rotatable bonds is 13. The lowest BCUT2D eigenvalue weighted by atomic mass is 9.82. The Morgan fingerprint density at radius 2 is 1.25 bits per heavy atom. The predicted octanol–water partition coefficient (Wildman–Crippen LogP) is 9.43. The summed E-state index contributed by atoms with van der Waals surface area (Å²) < 4.78 is 76.7. The van der Waals surface area contributed by atoms with E-state index in [-0.39, 0.29) is 16.4 Å². The van der Waals surface area contributed by atoms with Crippen molar-refractivity contribution in [3.8, 4) is 0 Å². The molecule has 9 heteroatoms. The summed E-state index contributed by atoms with van der Waals surface area (Å²) in [5, 5.41) is 0.249. The van der Waals surface area contributed by atoms with Crippen molar-refractivity contribution in [1.29, 1.82) is 0 Å². The fourth-order valence-corrected chi connectivity index (χ4v) is 6.19. The molecule has 0 N–H and O–H groups in total. The number of thioether (sulfide) groups is 2. The molecule has 0 fully saturated rings. The van der Waals surface area contributed by atoms with Crippen LogP contribution in [0.25, 0.3) is 0 Å². The maximum atomic E-state index is 12.8. The molecule has 0 bridgehead atoms. The van der Waals surface area contributed by atoms with Gasteiger partial charge in [-0.1, -0.05) is 38.1 Å². The van der Waals surface area contributed by atoms with Crippen LogP contribution in [0.2, 0.25) is 0 Å². The summed E-state index contributed by atoms with van der Waals surface area (Å²) in [5.74, 6) is 2.13. The molecule has 0 amide bonds. The molecule has 1 nitrogen and oxygen atoms in total. The summed E-state index contributed by atoms with van der Waals surface area (Å²) in [7, 11) is 0. The van der Waals surface area contributed by atoms with E-state index >= 15 is 0 Å². The van der Waals surface area contributed by atoms with Crippen LogP contribution in [0, 0.1) is 5.41 Å². The minimum Gasteiger partial charge on any atom is -0.300 e. The summed E-state index contributed by atoms with van der Waals surface area (Å²) >= 11 is 3.34. The summed E-state index contributed by atoms with van der Waals surface area (Å²) in [6.45, 7) is 5.70. The molecule has 1 unspecified atom stereocenters. The van der Waals surface area contributed by atoms with E-state index in [2.05, 4.69) is 13.8 Å². The maximum Gasteiger partial charge on any atom is 0.416 e. The Hall–Kier alpha value is -1.61. The van der Waals surface area contributed by atoms with Crippen molar-refractivity contribution in [2.24, 2.45) is 5.41 Å². The van der Waals surface area contributed by atoms with Crippen LogP contribution in [0.3, 0.4) is 0 Å². The van der Waals surface area contributed by atoms with Crippen LogP contribution in [0.15, 0.2) is 48.5 Å². The van der Waals surface area contributed by atoms with Gasteiger partial charge in [0.1, 0.15) is 5.78 Å². The highest BCUT2D eigenvalue weighted by molar-refractivity contribution is 7.99. The fourth-order valence-electron chi connectivity index (χ4n) is 3.82. The summed E-state index contributed by atoms with van der Waals surface area (Å²) in [6, 6.07) is 10.4. The molecule has 0 spiro atoms. The highest BCUT2D eigenvalue weighted by atomic mass is 32.2. The number of Topliss-reactive ketones (excluding diaryl/α,β-unsaturated/α-hetero) is 1. The third kappa shape index (κ3) is 11.2. The number of halogens is 6. The van der Waals surface area contributed by atoms with Crippen molar-refractivity contribution in [3.05, 3.63) is 70.8 Å². The lowest BCUT2D eigenvalue weighted by molar-refractivity contribution is -0.138. The van der Waals surface area contributed by atoms with Gasteiger partial charge in [-0.05, 0) is 72.7 Å². The van der Waals surface area contributed by atoms with Crippen molar-refractivity contribution >= 4 is 29.3 Å². The van der Waals surface area contributed by atoms with Gasteiger partial charge in [-0.3, -0.25) is 0 Å². The molecule has 0 heterocycles. The number of carbonyl (C=O) groups excluding carboxylic acids is 1. The smallest absolute Gasteiger partial charge is 0.300 e. The van der Waals surface area contributed by atoms with Crippen molar-refractivity contribution < 1.29 is 31.1 Å². The van der Waals surface area contributed by atoms with E-state index in [4.69, 9.17) is 0 Å². The highest BCUT2D eigenvalue weighted by Gasteiger charge is 2.30. The third-order valence-corrected chi connectivity index (χ3v) is 8.28. The first-order valence-electron chi connectivity index (χ1n) is 11.7. The minimum absolute atomic E-state index is 0.133. The van der Waals surface area contributed by atoms with Gasteiger partial charge in [-0.15, -0.1) is 0 Å². The summed E-state index contributed by atoms with van der Waals surface area (Å²) in [6.07, 6.45) is -5.65. The molecule has 2 aromatic rings. The molecule has 2 aromatic carbocycles. The second-order valence-corrected chi connectivity index (χ2v) is 12.1. The van der Waals surface area contributed by atoms with Crippen LogP contribution >= 0.6 is 23.5 Å². The molecule has 2 rings (SSSR count). The van der Waals surface area contributed by atoms with E-state index in [0.29, 0.717) is 17.9 Å². The Morgan fingerprint density at radius 1 is 0.778 bits per heavy atom. The van der Waals surface area contributed by atoms with Gasteiger partial charge >= 0.3 is 12.4 Å². The van der Waals surface area contributed by atoms with E-state index < -0.39 is 23.5 Å². The topological polar surface area (TPSA) is 17.1 Å². The number of ketones is 1. The molecule has 0 aliphatic rings. The Labute approximate surface area is 217 Å². The van der Waals surface area contributed by atoms with Crippen LogP contribution in [-0.4, -0.2) is 16.8 Å². The monoisotopic (exact) mass is 550 g/mol. The van der Waals surface area contributed by atoms with Crippen molar-refractivity contribution in [1.82, 2.24) is 0 Å². The SMILES string of the molecule is CC(=O)CC(C)(C)CCC(CCSCc1ccc(C(F)(F)F)cc1)SCc1ccc(C(F)(F)F)cc1. The van der Waals surface area contributed by atoms with Crippen LogP contribution in [0.1, 0.15) is 68.7 Å². The average Bonchev–Trinajstić information content (AvgIpc) is 2.76. The zero-order valence-electron chi connectivity index (χ0n) is 20.6. The number of alkyl halides is 6. The Balaban J connectivity index is 1.92. The number of hydrogen-bond acceptors (Lipinski definition) is 3. The van der Waals surface area contributed by atoms with E-state index in [1.165, 1.54) is 24.3 Å². The van der Waals surface area contributed by atoms with Gasteiger partial charge in [0.05, 0.1) is 11.1 Å². The second kappa shape index (κ2) is 13.3. The molecule has 0 radical (unpaired) electrons. The number of carbonyl (C=O) groups is 1. The Bertz CT molecular complexity index is 950. The lowest BCUT2D eigenvalue weighted by Crippen LogP contribution is -2.18. The quantitative estimate of drug-likeness (QED) is 0.183. The largest absolute Gasteiger partial charge is 0.416 e. The number of benzene rings is 2. The molecule has 0 aliphatic carbocycles. The molecular weight excluding hydrogens is 518 g/mol. The molecule has 0 saturated carbocycles. The second-order valence-electron chi connectivity index (χ2n) is 9.75. The normalized spacial score (nSPS) is 13.6. The van der Waals surface area contributed by atoms with Gasteiger partial charge in [-0.25, -0.2) is 0 Å². The van der Waals surface area contributed by atoms with E-state index in [1.54, 1.807) is 30.4 Å². The zero-order chi connectivity index (χ0) is 27.0. The average molecular weight is 551 g/mol. The standard InChI is InChI=1S/C27H32F6OS2/c1-19(34)16-25(2,3)14-12-24(36-18-21-6-10-23(11-7-21)27(31,32)33)13-15-35-17-20-4-8-22(9-5-20)26(28,29)30/h4-11,24H,12-18H2,1-3H3. The number of hydrogen-bond donors (Lipinski definition) is 0. The molecule has 1 atom stereocenters. The molecular formula is C27H32F6OS2. The van der Waals surface area contributed by atoms with Crippen LogP contribution in [0.4, 0.5) is 26.3 Å². The van der Waals surface area contributed by atoms with Gasteiger partial charge in [0, 0.05) is 23.2 Å². The van der Waals surface area contributed by atoms with Crippen LogP contribution in [0.5, 0.6) is 0 Å². The van der Waals surface area contributed by atoms with Crippen molar-refractivity contribution in [2.75, 3.05) is 5.75 Å². The highest BCUT2D eigenvalue weighted by Crippen LogP contribution is 2.35. The summed E-state index contributed by atoms with van der Waals surface area (Å²) in [4.78, 5) is 11.6. The Morgan fingerprint density at radius 3 is 1.69 bits per heavy atom. The minimum atomic E-state index is -4.36. The predicted molar refractivity (Wildman–Crippen MR) is 137 cm³/mol. The first-order valence-corrected chi connectivity index (χ1v) is 13.9. The van der Waals surface area contributed by atoms with Crippen LogP contribution < -0.4 is 0 Å².